The molecule has 0 aliphatic rings. The van der Waals surface area contributed by atoms with Crippen LogP contribution in [0.25, 0.3) is 39.0 Å². The Balaban J connectivity index is 0.000000155. The van der Waals surface area contributed by atoms with Crippen LogP contribution in [0, 0.1) is 0 Å². The van der Waals surface area contributed by atoms with Crippen LogP contribution in [0.3, 0.4) is 0 Å². The Labute approximate surface area is 242 Å². The van der Waals surface area contributed by atoms with E-state index in [9.17, 15) is 19.2 Å². The minimum atomic E-state index is 0.740. The van der Waals surface area contributed by atoms with Crippen LogP contribution in [0.2, 0.25) is 0 Å². The number of hydrogen-bond acceptors (Lipinski definition) is 10. The van der Waals surface area contributed by atoms with Gasteiger partial charge >= 0.3 is 0 Å². The van der Waals surface area contributed by atoms with E-state index in [4.69, 9.17) is 0 Å². The van der Waals surface area contributed by atoms with Crippen molar-refractivity contribution in [3.8, 4) is 39.0 Å². The third-order valence-electron chi connectivity index (χ3n) is 5.16. The molecule has 10 heteroatoms. The molecule has 38 heavy (non-hydrogen) atoms. The molecule has 0 amide bonds. The van der Waals surface area contributed by atoms with Gasteiger partial charge in [0, 0.05) is 39.0 Å². The first-order valence-corrected chi connectivity index (χ1v) is 15.9. The van der Waals surface area contributed by atoms with Crippen LogP contribution < -0.4 is 0 Å². The molecule has 6 aromatic rings. The molecule has 0 spiro atoms. The van der Waals surface area contributed by atoms with Gasteiger partial charge in [0.1, 0.15) is 0 Å². The summed E-state index contributed by atoms with van der Waals surface area (Å²) >= 11 is 9.33. The van der Waals surface area contributed by atoms with Gasteiger partial charge in [0.2, 0.25) is 0 Å². The Morgan fingerprint density at radius 3 is 0.658 bits per heavy atom. The summed E-state index contributed by atoms with van der Waals surface area (Å²) in [5.41, 5.74) is 0. The van der Waals surface area contributed by atoms with Gasteiger partial charge in [0.25, 0.3) is 0 Å². The Bertz CT molecular complexity index is 1470. The zero-order valence-electron chi connectivity index (χ0n) is 19.3. The van der Waals surface area contributed by atoms with Gasteiger partial charge in [-0.25, -0.2) is 0 Å². The summed E-state index contributed by atoms with van der Waals surface area (Å²) in [7, 11) is 0. The summed E-state index contributed by atoms with van der Waals surface area (Å²) in [6.07, 6.45) is 3.49. The fourth-order valence-electron chi connectivity index (χ4n) is 3.40. The monoisotopic (exact) mass is 608 g/mol. The molecule has 0 saturated heterocycles. The molecule has 0 aliphatic heterocycles. The molecule has 6 heterocycles. The number of thiophene rings is 6. The second kappa shape index (κ2) is 12.2. The van der Waals surface area contributed by atoms with E-state index in [1.54, 1.807) is 22.7 Å². The lowest BCUT2D eigenvalue weighted by molar-refractivity contribution is 0.111. The molecule has 0 radical (unpaired) electrons. The molecule has 0 aromatic carbocycles. The van der Waals surface area contributed by atoms with Crippen LogP contribution in [0.1, 0.15) is 38.7 Å². The van der Waals surface area contributed by atoms with Gasteiger partial charge in [-0.3, -0.25) is 19.2 Å². The van der Waals surface area contributed by atoms with Crippen molar-refractivity contribution in [2.45, 2.75) is 0 Å². The van der Waals surface area contributed by atoms with E-state index in [0.717, 1.165) is 83.7 Å². The molecular formula is C28H16O4S6. The van der Waals surface area contributed by atoms with Crippen LogP contribution >= 0.6 is 68.0 Å². The third-order valence-corrected chi connectivity index (χ3v) is 12.2. The quantitative estimate of drug-likeness (QED) is 0.161. The van der Waals surface area contributed by atoms with Gasteiger partial charge in [0.05, 0.1) is 19.5 Å². The fourth-order valence-corrected chi connectivity index (χ4v) is 9.06. The zero-order chi connectivity index (χ0) is 26.5. The number of carbonyl (C=O) groups is 4. The highest BCUT2D eigenvalue weighted by atomic mass is 32.1. The van der Waals surface area contributed by atoms with Gasteiger partial charge in [0.15, 0.2) is 25.1 Å². The van der Waals surface area contributed by atoms with Crippen molar-refractivity contribution in [2.24, 2.45) is 0 Å². The van der Waals surface area contributed by atoms with E-state index < -0.39 is 0 Å². The molecule has 0 atom stereocenters. The molecule has 6 rings (SSSR count). The summed E-state index contributed by atoms with van der Waals surface area (Å²) in [4.78, 5) is 54.7. The lowest BCUT2D eigenvalue weighted by Gasteiger charge is -1.90. The number of carbonyl (C=O) groups excluding carboxylic acids is 4. The fraction of sp³-hybridized carbons (Fsp3) is 0. The van der Waals surface area contributed by atoms with E-state index >= 15 is 0 Å². The molecule has 0 unspecified atom stereocenters. The molecule has 0 bridgehead atoms. The highest BCUT2D eigenvalue weighted by Crippen LogP contribution is 2.40. The second-order valence-electron chi connectivity index (χ2n) is 7.61. The maximum absolute atomic E-state index is 10.7. The van der Waals surface area contributed by atoms with Gasteiger partial charge in [-0.2, -0.15) is 0 Å². The van der Waals surface area contributed by atoms with Crippen LogP contribution in [0.15, 0.2) is 72.8 Å². The molecule has 4 nitrogen and oxygen atoms in total. The average Bonchev–Trinajstić information content (AvgIpc) is 3.80. The number of aldehydes is 4. The van der Waals surface area contributed by atoms with Crippen LogP contribution in [0.4, 0.5) is 0 Å². The molecule has 188 valence electrons. The van der Waals surface area contributed by atoms with Crippen molar-refractivity contribution >= 4 is 93.2 Å². The highest BCUT2D eigenvalue weighted by Gasteiger charge is 2.10. The van der Waals surface area contributed by atoms with E-state index in [-0.39, 0.29) is 0 Å². The van der Waals surface area contributed by atoms with E-state index in [2.05, 4.69) is 24.3 Å². The van der Waals surface area contributed by atoms with Gasteiger partial charge in [-0.15, -0.1) is 68.0 Å². The third kappa shape index (κ3) is 5.96. The maximum Gasteiger partial charge on any atom is 0.160 e. The predicted molar refractivity (Wildman–Crippen MR) is 163 cm³/mol. The van der Waals surface area contributed by atoms with Crippen molar-refractivity contribution in [3.05, 3.63) is 92.3 Å². The van der Waals surface area contributed by atoms with Crippen molar-refractivity contribution < 1.29 is 19.2 Å². The smallest absolute Gasteiger partial charge is 0.160 e. The maximum atomic E-state index is 10.7. The molecule has 0 aliphatic carbocycles. The lowest BCUT2D eigenvalue weighted by atomic mass is 10.3. The summed E-state index contributed by atoms with van der Waals surface area (Å²) in [6.45, 7) is 0. The Morgan fingerprint density at radius 1 is 0.289 bits per heavy atom. The Kier molecular flexibility index (Phi) is 8.48. The van der Waals surface area contributed by atoms with E-state index in [1.165, 1.54) is 45.3 Å². The Hall–Kier alpha value is -3.12. The van der Waals surface area contributed by atoms with Gasteiger partial charge < -0.3 is 0 Å². The van der Waals surface area contributed by atoms with Crippen LogP contribution in [0.5, 0.6) is 0 Å². The first-order chi connectivity index (χ1) is 18.6. The topological polar surface area (TPSA) is 68.3 Å². The van der Waals surface area contributed by atoms with Crippen LogP contribution in [-0.4, -0.2) is 25.1 Å². The first-order valence-electron chi connectivity index (χ1n) is 11.0. The molecular weight excluding hydrogens is 593 g/mol. The van der Waals surface area contributed by atoms with E-state index in [0.29, 0.717) is 0 Å². The summed E-state index contributed by atoms with van der Waals surface area (Å²) in [6, 6.07) is 23.4. The largest absolute Gasteiger partial charge is 0.297 e. The van der Waals surface area contributed by atoms with Crippen molar-refractivity contribution in [3.63, 3.8) is 0 Å². The van der Waals surface area contributed by atoms with Gasteiger partial charge in [-0.05, 0) is 72.8 Å². The SMILES string of the molecule is O=Cc1ccc(-c2ccc(-c3ccc(C=O)s3)s2)s1.O=Cc1ccc(-c2ccc(-c3ccc(C=O)s3)s2)s1. The normalized spacial score (nSPS) is 10.5. The zero-order valence-corrected chi connectivity index (χ0v) is 24.2. The second-order valence-corrected chi connectivity index (χ2v) is 14.2. The number of rotatable bonds is 8. The Morgan fingerprint density at radius 2 is 0.474 bits per heavy atom. The average molecular weight is 609 g/mol. The minimum Gasteiger partial charge on any atom is -0.297 e. The summed E-state index contributed by atoms with van der Waals surface area (Å²) in [5.74, 6) is 0. The highest BCUT2D eigenvalue weighted by molar-refractivity contribution is 7.28. The van der Waals surface area contributed by atoms with Crippen molar-refractivity contribution in [1.29, 1.82) is 0 Å². The summed E-state index contributed by atoms with van der Waals surface area (Å²) in [5, 5.41) is 0. The van der Waals surface area contributed by atoms with Crippen molar-refractivity contribution in [1.82, 2.24) is 0 Å². The molecule has 0 N–H and O–H groups in total. The van der Waals surface area contributed by atoms with Crippen molar-refractivity contribution in [2.75, 3.05) is 0 Å². The predicted octanol–water partition coefficient (Wildman–Crippen LogP) is 9.66. The molecule has 0 fully saturated rings. The lowest BCUT2D eigenvalue weighted by Crippen LogP contribution is -1.62. The minimum absolute atomic E-state index is 0.740. The standard InChI is InChI=1S/2C14H8O2S3/c2*15-7-9-1-3-11(17-9)13-5-6-14(19-13)12-4-2-10(8-16)18-12/h2*1-8H. The van der Waals surface area contributed by atoms with Gasteiger partial charge in [-0.1, -0.05) is 0 Å². The van der Waals surface area contributed by atoms with Crippen LogP contribution in [-0.2, 0) is 0 Å². The first kappa shape index (κ1) is 26.5. The number of hydrogen-bond donors (Lipinski definition) is 0. The summed E-state index contributed by atoms with van der Waals surface area (Å²) < 4.78 is 0. The molecule has 0 saturated carbocycles. The van der Waals surface area contributed by atoms with E-state index in [1.807, 2.05) is 48.5 Å². The molecule has 6 aromatic heterocycles.